The third-order valence-electron chi connectivity index (χ3n) is 4.39. The summed E-state index contributed by atoms with van der Waals surface area (Å²) in [6.45, 7) is 6.32. The van der Waals surface area contributed by atoms with Crippen molar-refractivity contribution in [2.75, 3.05) is 13.6 Å². The lowest BCUT2D eigenvalue weighted by Crippen LogP contribution is -2.35. The Kier molecular flexibility index (Phi) is 4.10. The van der Waals surface area contributed by atoms with Gasteiger partial charge in [-0.15, -0.1) is 0 Å². The molecule has 1 fully saturated rings. The predicted molar refractivity (Wildman–Crippen MR) is 88.3 cm³/mol. The molecule has 0 aromatic carbocycles. The molecule has 1 unspecified atom stereocenters. The zero-order valence-corrected chi connectivity index (χ0v) is 14.2. The second-order valence-corrected chi connectivity index (χ2v) is 6.82. The average Bonchev–Trinajstić information content (AvgIpc) is 3.25. The van der Waals surface area contributed by atoms with E-state index in [0.717, 1.165) is 29.6 Å². The normalized spacial score (nSPS) is 16.1. The Bertz CT molecular complexity index is 734. The minimum absolute atomic E-state index is 0.0940. The van der Waals surface area contributed by atoms with Crippen LogP contribution in [0.2, 0.25) is 0 Å². The third-order valence-corrected chi connectivity index (χ3v) is 4.39. The first-order valence-electron chi connectivity index (χ1n) is 8.17. The van der Waals surface area contributed by atoms with Crippen LogP contribution in [0.25, 0.3) is 11.0 Å². The van der Waals surface area contributed by atoms with Gasteiger partial charge in [-0.05, 0) is 45.6 Å². The van der Waals surface area contributed by atoms with Gasteiger partial charge in [0.1, 0.15) is 0 Å². The molecular formula is C17H24N4O2. The predicted octanol–water partition coefficient (Wildman–Crippen LogP) is 2.16. The van der Waals surface area contributed by atoms with Crippen LogP contribution in [0.5, 0.6) is 0 Å². The molecule has 6 nitrogen and oxygen atoms in total. The van der Waals surface area contributed by atoms with E-state index in [1.165, 1.54) is 0 Å². The van der Waals surface area contributed by atoms with E-state index in [9.17, 15) is 9.90 Å². The number of rotatable bonds is 5. The highest BCUT2D eigenvalue weighted by molar-refractivity contribution is 6.05. The average molecular weight is 316 g/mol. The van der Waals surface area contributed by atoms with Crippen molar-refractivity contribution in [2.45, 2.75) is 45.8 Å². The highest BCUT2D eigenvalue weighted by Crippen LogP contribution is 2.33. The molecule has 2 heterocycles. The largest absolute Gasteiger partial charge is 0.391 e. The second kappa shape index (κ2) is 5.92. The van der Waals surface area contributed by atoms with E-state index < -0.39 is 6.10 Å². The fraction of sp³-hybridized carbons (Fsp3) is 0.588. The number of carbonyl (C=O) groups is 1. The standard InChI is InChI=1S/C17H24N4O2/c1-10(2)21-16-14(8-18-21)13(7-11(3)19-16)17(23)20(4)9-15(22)12-5-6-12/h7-8,10,12,15,22H,5-6,9H2,1-4H3. The Morgan fingerprint density at radius 3 is 2.78 bits per heavy atom. The lowest BCUT2D eigenvalue weighted by atomic mass is 10.1. The number of fused-ring (bicyclic) bond motifs is 1. The summed E-state index contributed by atoms with van der Waals surface area (Å²) < 4.78 is 1.83. The maximum Gasteiger partial charge on any atom is 0.254 e. The van der Waals surface area contributed by atoms with Gasteiger partial charge < -0.3 is 10.0 Å². The molecule has 3 rings (SSSR count). The minimum atomic E-state index is -0.430. The van der Waals surface area contributed by atoms with Gasteiger partial charge in [0.15, 0.2) is 5.65 Å². The number of amides is 1. The fourth-order valence-corrected chi connectivity index (χ4v) is 2.90. The van der Waals surface area contributed by atoms with Crippen LogP contribution in [0, 0.1) is 12.8 Å². The van der Waals surface area contributed by atoms with Gasteiger partial charge in [-0.3, -0.25) is 4.79 Å². The van der Waals surface area contributed by atoms with E-state index in [1.807, 2.05) is 25.5 Å². The molecule has 2 aromatic rings. The van der Waals surface area contributed by atoms with Crippen LogP contribution in [0.1, 0.15) is 48.8 Å². The van der Waals surface area contributed by atoms with E-state index in [4.69, 9.17) is 0 Å². The molecule has 1 aliphatic rings. The Morgan fingerprint density at radius 2 is 2.17 bits per heavy atom. The van der Waals surface area contributed by atoms with Gasteiger partial charge >= 0.3 is 0 Å². The molecular weight excluding hydrogens is 292 g/mol. The number of aryl methyl sites for hydroxylation is 1. The molecule has 0 spiro atoms. The van der Waals surface area contributed by atoms with Crippen molar-refractivity contribution >= 4 is 16.9 Å². The number of pyridine rings is 1. The van der Waals surface area contributed by atoms with Crippen LogP contribution in [0.4, 0.5) is 0 Å². The molecule has 1 atom stereocenters. The number of hydrogen-bond acceptors (Lipinski definition) is 4. The van der Waals surface area contributed by atoms with E-state index >= 15 is 0 Å². The molecule has 0 bridgehead atoms. The molecule has 1 aliphatic carbocycles. The maximum absolute atomic E-state index is 12.8. The lowest BCUT2D eigenvalue weighted by molar-refractivity contribution is 0.0647. The van der Waals surface area contributed by atoms with Gasteiger partial charge in [0.25, 0.3) is 5.91 Å². The molecule has 0 aliphatic heterocycles. The van der Waals surface area contributed by atoms with E-state index in [-0.39, 0.29) is 11.9 Å². The maximum atomic E-state index is 12.8. The fourth-order valence-electron chi connectivity index (χ4n) is 2.90. The monoisotopic (exact) mass is 316 g/mol. The Morgan fingerprint density at radius 1 is 1.48 bits per heavy atom. The van der Waals surface area contributed by atoms with Crippen molar-refractivity contribution in [1.82, 2.24) is 19.7 Å². The summed E-state index contributed by atoms with van der Waals surface area (Å²) in [5.74, 6) is 0.261. The summed E-state index contributed by atoms with van der Waals surface area (Å²) in [4.78, 5) is 19.0. The van der Waals surface area contributed by atoms with Crippen LogP contribution < -0.4 is 0 Å². The zero-order valence-electron chi connectivity index (χ0n) is 14.2. The third kappa shape index (κ3) is 3.08. The van der Waals surface area contributed by atoms with Crippen LogP contribution >= 0.6 is 0 Å². The molecule has 2 aromatic heterocycles. The van der Waals surface area contributed by atoms with E-state index in [2.05, 4.69) is 10.1 Å². The smallest absolute Gasteiger partial charge is 0.254 e. The zero-order chi connectivity index (χ0) is 16.7. The van der Waals surface area contributed by atoms with Crippen molar-refractivity contribution in [3.05, 3.63) is 23.5 Å². The number of likely N-dealkylation sites (N-methyl/N-ethyl adjacent to an activating group) is 1. The van der Waals surface area contributed by atoms with Gasteiger partial charge in [0.2, 0.25) is 0 Å². The number of aromatic nitrogens is 3. The summed E-state index contributed by atoms with van der Waals surface area (Å²) in [5, 5.41) is 15.2. The quantitative estimate of drug-likeness (QED) is 0.917. The highest BCUT2D eigenvalue weighted by atomic mass is 16.3. The molecule has 23 heavy (non-hydrogen) atoms. The second-order valence-electron chi connectivity index (χ2n) is 6.82. The number of nitrogens with zero attached hydrogens (tertiary/aromatic N) is 4. The molecule has 1 saturated carbocycles. The Hall–Kier alpha value is -1.95. The van der Waals surface area contributed by atoms with Gasteiger partial charge in [-0.1, -0.05) is 0 Å². The van der Waals surface area contributed by atoms with Gasteiger partial charge in [0, 0.05) is 25.3 Å². The van der Waals surface area contributed by atoms with Crippen molar-refractivity contribution in [3.8, 4) is 0 Å². The lowest BCUT2D eigenvalue weighted by Gasteiger charge is -2.21. The molecule has 0 radical (unpaired) electrons. The number of aliphatic hydroxyl groups excluding tert-OH is 1. The van der Waals surface area contributed by atoms with E-state index in [1.54, 1.807) is 24.2 Å². The first-order valence-corrected chi connectivity index (χ1v) is 8.17. The van der Waals surface area contributed by atoms with Crippen LogP contribution in [-0.4, -0.2) is 50.4 Å². The highest BCUT2D eigenvalue weighted by Gasteiger charge is 2.31. The molecule has 0 saturated heterocycles. The van der Waals surface area contributed by atoms with Crippen molar-refractivity contribution in [2.24, 2.45) is 5.92 Å². The van der Waals surface area contributed by atoms with Gasteiger partial charge in [-0.25, -0.2) is 9.67 Å². The van der Waals surface area contributed by atoms with Gasteiger partial charge in [0.05, 0.1) is 23.3 Å². The summed E-state index contributed by atoms with van der Waals surface area (Å²) in [7, 11) is 1.74. The SMILES string of the molecule is Cc1cc(C(=O)N(C)CC(O)C2CC2)c2cnn(C(C)C)c2n1. The first-order chi connectivity index (χ1) is 10.9. The molecule has 124 valence electrons. The van der Waals surface area contributed by atoms with Crippen LogP contribution in [0.3, 0.4) is 0 Å². The molecule has 1 amide bonds. The van der Waals surface area contributed by atoms with Crippen LogP contribution in [0.15, 0.2) is 12.3 Å². The Balaban J connectivity index is 1.93. The Labute approximate surface area is 136 Å². The summed E-state index contributed by atoms with van der Waals surface area (Å²) in [6, 6.07) is 1.98. The number of carbonyl (C=O) groups excluding carboxylic acids is 1. The molecule has 6 heteroatoms. The molecule has 1 N–H and O–H groups in total. The summed E-state index contributed by atoms with van der Waals surface area (Å²) in [6.07, 6.45) is 3.40. The van der Waals surface area contributed by atoms with Gasteiger partial charge in [-0.2, -0.15) is 5.10 Å². The van der Waals surface area contributed by atoms with Crippen molar-refractivity contribution < 1.29 is 9.90 Å². The number of hydrogen-bond donors (Lipinski definition) is 1. The van der Waals surface area contributed by atoms with Crippen molar-refractivity contribution in [3.63, 3.8) is 0 Å². The summed E-state index contributed by atoms with van der Waals surface area (Å²) >= 11 is 0. The van der Waals surface area contributed by atoms with Crippen LogP contribution in [-0.2, 0) is 0 Å². The number of aliphatic hydroxyl groups is 1. The topological polar surface area (TPSA) is 71.2 Å². The van der Waals surface area contributed by atoms with Crippen molar-refractivity contribution in [1.29, 1.82) is 0 Å². The first kappa shape index (κ1) is 15.9. The van der Waals surface area contributed by atoms with E-state index in [0.29, 0.717) is 18.0 Å². The summed E-state index contributed by atoms with van der Waals surface area (Å²) in [5.41, 5.74) is 2.13. The minimum Gasteiger partial charge on any atom is -0.391 e.